The van der Waals surface area contributed by atoms with Crippen molar-refractivity contribution in [2.75, 3.05) is 20.3 Å². The summed E-state index contributed by atoms with van der Waals surface area (Å²) in [5.74, 6) is -3.10. The van der Waals surface area contributed by atoms with Crippen LogP contribution in [0.5, 0.6) is 5.75 Å². The van der Waals surface area contributed by atoms with E-state index in [1.165, 1.54) is 58.5 Å². The lowest BCUT2D eigenvalue weighted by Crippen LogP contribution is -2.62. The van der Waals surface area contributed by atoms with Crippen LogP contribution >= 0.6 is 0 Å². The van der Waals surface area contributed by atoms with Gasteiger partial charge in [0.1, 0.15) is 36.7 Å². The van der Waals surface area contributed by atoms with Crippen molar-refractivity contribution in [1.82, 2.24) is 0 Å². The van der Waals surface area contributed by atoms with E-state index in [9.17, 15) is 24.7 Å². The molecule has 2 aromatic carbocycles. The Bertz CT molecular complexity index is 1720. The Labute approximate surface area is 358 Å². The highest BCUT2D eigenvalue weighted by molar-refractivity contribution is 5.89. The van der Waals surface area contributed by atoms with Crippen molar-refractivity contribution in [3.63, 3.8) is 0 Å². The average Bonchev–Trinajstić information content (AvgIpc) is 3.31. The van der Waals surface area contributed by atoms with Gasteiger partial charge in [-0.3, -0.25) is 14.4 Å². The van der Waals surface area contributed by atoms with Crippen LogP contribution in [0.3, 0.4) is 0 Å². The van der Waals surface area contributed by atoms with Crippen molar-refractivity contribution in [2.24, 2.45) is 5.11 Å². The largest absolute Gasteiger partial charge is 0.497 e. The van der Waals surface area contributed by atoms with E-state index in [1.807, 2.05) is 6.08 Å². The van der Waals surface area contributed by atoms with Gasteiger partial charge in [-0.2, -0.15) is 0 Å². The molecular formula is C45H63N3O12. The van der Waals surface area contributed by atoms with Gasteiger partial charge in [-0.05, 0) is 54.3 Å². The van der Waals surface area contributed by atoms with E-state index >= 15 is 0 Å². The van der Waals surface area contributed by atoms with E-state index in [1.54, 1.807) is 60.7 Å². The maximum absolute atomic E-state index is 13.4. The third kappa shape index (κ3) is 18.5. The molecule has 2 aromatic rings. The minimum Gasteiger partial charge on any atom is -0.497 e. The molecule has 3 unspecified atom stereocenters. The number of ether oxygens (including phenoxy) is 8. The van der Waals surface area contributed by atoms with Gasteiger partial charge < -0.3 is 37.9 Å². The Morgan fingerprint density at radius 3 is 2.07 bits per heavy atom. The normalized spacial score (nSPS) is 20.4. The zero-order valence-corrected chi connectivity index (χ0v) is 34.9. The monoisotopic (exact) mass is 840 g/mol. The first-order valence-corrected chi connectivity index (χ1v) is 20.6. The van der Waals surface area contributed by atoms with Gasteiger partial charge in [-0.1, -0.05) is 113 Å². The van der Waals surface area contributed by atoms with Gasteiger partial charge >= 0.3 is 23.9 Å². The highest BCUT2D eigenvalue weighted by Gasteiger charge is 2.52. The summed E-state index contributed by atoms with van der Waals surface area (Å²) in [6.45, 7) is -1.37. The molecule has 1 fully saturated rings. The number of allylic oxidation sites excluding steroid dienone is 1. The van der Waals surface area contributed by atoms with Crippen LogP contribution < -0.4 is 4.74 Å². The van der Waals surface area contributed by atoms with E-state index in [-0.39, 0.29) is 12.2 Å². The second kappa shape index (κ2) is 28.5. The molecule has 60 heavy (non-hydrogen) atoms. The summed E-state index contributed by atoms with van der Waals surface area (Å²) in [6.07, 6.45) is 8.71. The molecule has 0 bridgehead atoms. The summed E-state index contributed by atoms with van der Waals surface area (Å²) in [6, 6.07) is 13.9. The minimum absolute atomic E-state index is 0.136. The SMILES string of the molecule is [2H]CC(=O)OC[C@H]1OC(OCC(N=[N+]=[N-])C(C=CCCCCCCCCCCCCC)OC(=O)c2ccccc2)[C@H](OCc2ccc(OC)cc2)[C@@H](OC(=O)C[2H])[C@H]1OC(=O)C[2H]. The number of esters is 4. The van der Waals surface area contributed by atoms with Crippen LogP contribution in [0.1, 0.15) is 125 Å². The summed E-state index contributed by atoms with van der Waals surface area (Å²) in [5.41, 5.74) is 10.6. The second-order valence-corrected chi connectivity index (χ2v) is 14.4. The average molecular weight is 841 g/mol. The highest BCUT2D eigenvalue weighted by atomic mass is 16.7. The molecule has 1 aliphatic rings. The predicted octanol–water partition coefficient (Wildman–Crippen LogP) is 8.91. The first-order chi connectivity index (χ1) is 30.7. The van der Waals surface area contributed by atoms with E-state index in [0.29, 0.717) is 17.7 Å². The van der Waals surface area contributed by atoms with Gasteiger partial charge in [-0.15, -0.1) is 0 Å². The summed E-state index contributed by atoms with van der Waals surface area (Å²) in [4.78, 5) is 53.8. The summed E-state index contributed by atoms with van der Waals surface area (Å²) >= 11 is 0. The molecule has 0 saturated carbocycles. The molecule has 0 spiro atoms. The molecule has 330 valence electrons. The number of unbranched alkanes of at least 4 members (excludes halogenated alkanes) is 11. The van der Waals surface area contributed by atoms with Crippen LogP contribution in [0.4, 0.5) is 0 Å². The molecule has 0 aromatic heterocycles. The summed E-state index contributed by atoms with van der Waals surface area (Å²) in [7, 11) is 1.51. The predicted molar refractivity (Wildman–Crippen MR) is 223 cm³/mol. The van der Waals surface area contributed by atoms with Crippen molar-refractivity contribution in [3.05, 3.63) is 88.3 Å². The van der Waals surface area contributed by atoms with Crippen molar-refractivity contribution in [2.45, 2.75) is 154 Å². The van der Waals surface area contributed by atoms with Crippen LogP contribution in [0.15, 0.2) is 71.9 Å². The Morgan fingerprint density at radius 1 is 0.817 bits per heavy atom. The minimum atomic E-state index is -1.55. The standard InChI is InChI=1S/C45H63N3O12/c1-6-7-8-9-10-11-12-13-14-15-16-17-21-24-39(59-44(52)36-22-19-18-20-23-36)38(47-48-46)30-56-45-43(55-29-35-25-27-37(53-5)28-26-35)42(58-34(4)51)41(57-33(3)50)40(60-45)31-54-32(2)49/h18-28,38-43,45H,6-17,29-31H2,1-5H3/t38?,39?,40-,41+,42+,43-,45?/m1/s1/i2D,3D,4D. The molecule has 1 saturated heterocycles. The maximum Gasteiger partial charge on any atom is 0.338 e. The van der Waals surface area contributed by atoms with Gasteiger partial charge in [0.2, 0.25) is 0 Å². The van der Waals surface area contributed by atoms with Crippen LogP contribution in [-0.2, 0) is 54.1 Å². The fourth-order valence-corrected chi connectivity index (χ4v) is 6.61. The zero-order valence-electron chi connectivity index (χ0n) is 37.9. The van der Waals surface area contributed by atoms with Crippen molar-refractivity contribution >= 4 is 23.9 Å². The molecule has 15 heteroatoms. The molecule has 7 atom stereocenters. The molecule has 0 N–H and O–H groups in total. The van der Waals surface area contributed by atoms with Crippen molar-refractivity contribution in [3.8, 4) is 5.75 Å². The van der Waals surface area contributed by atoms with E-state index in [4.69, 9.17) is 42.0 Å². The van der Waals surface area contributed by atoms with E-state index in [2.05, 4.69) is 16.9 Å². The number of nitrogens with zero attached hydrogens (tertiary/aromatic N) is 3. The summed E-state index contributed by atoms with van der Waals surface area (Å²) < 4.78 is 68.9. The van der Waals surface area contributed by atoms with Crippen LogP contribution in [0.2, 0.25) is 0 Å². The smallest absolute Gasteiger partial charge is 0.338 e. The molecule has 1 aliphatic heterocycles. The van der Waals surface area contributed by atoms with Crippen LogP contribution in [0, 0.1) is 0 Å². The number of azide groups is 1. The van der Waals surface area contributed by atoms with Crippen LogP contribution in [-0.4, -0.2) is 87.1 Å². The second-order valence-electron chi connectivity index (χ2n) is 14.4. The van der Waals surface area contributed by atoms with E-state index < -0.39 is 101 Å². The Hall–Kier alpha value is -4.95. The number of hydrogen-bond acceptors (Lipinski definition) is 13. The Balaban J connectivity index is 1.90. The summed E-state index contributed by atoms with van der Waals surface area (Å²) in [5, 5.41) is 3.93. The number of benzene rings is 2. The molecule has 3 rings (SSSR count). The molecule has 0 amide bonds. The number of methoxy groups -OCH3 is 1. The number of hydrogen-bond donors (Lipinski definition) is 0. The fourth-order valence-electron chi connectivity index (χ4n) is 6.61. The fraction of sp³-hybridized carbons (Fsp3) is 0.600. The lowest BCUT2D eigenvalue weighted by molar-refractivity contribution is -0.316. The lowest BCUT2D eigenvalue weighted by Gasteiger charge is -2.44. The molecule has 1 heterocycles. The van der Waals surface area contributed by atoms with Gasteiger partial charge in [0.15, 0.2) is 18.5 Å². The van der Waals surface area contributed by atoms with Gasteiger partial charge in [0.05, 0.1) is 25.9 Å². The number of carbonyl (C=O) groups excluding carboxylic acids is 4. The third-order valence-electron chi connectivity index (χ3n) is 9.70. The molecule has 15 nitrogen and oxygen atoms in total. The lowest BCUT2D eigenvalue weighted by atomic mass is 9.98. The number of rotatable bonds is 28. The van der Waals surface area contributed by atoms with Gasteiger partial charge in [-0.25, -0.2) is 4.79 Å². The van der Waals surface area contributed by atoms with Gasteiger partial charge in [0, 0.05) is 29.7 Å². The Morgan fingerprint density at radius 2 is 1.45 bits per heavy atom. The maximum atomic E-state index is 13.4. The number of carbonyl (C=O) groups is 4. The molecule has 0 radical (unpaired) electrons. The van der Waals surface area contributed by atoms with Crippen LogP contribution in [0.25, 0.3) is 10.4 Å². The quantitative estimate of drug-likeness (QED) is 0.0151. The first kappa shape index (κ1) is 44.6. The molecular weight excluding hydrogens is 775 g/mol. The third-order valence-corrected chi connectivity index (χ3v) is 9.70. The van der Waals surface area contributed by atoms with E-state index in [0.717, 1.165) is 19.3 Å². The topological polar surface area (TPSA) is 191 Å². The van der Waals surface area contributed by atoms with Crippen molar-refractivity contribution < 1.29 is 61.2 Å². The molecule has 0 aliphatic carbocycles. The Kier molecular flexibility index (Phi) is 21.2. The zero-order chi connectivity index (χ0) is 45.7. The highest BCUT2D eigenvalue weighted by Crippen LogP contribution is 2.31. The van der Waals surface area contributed by atoms with Crippen molar-refractivity contribution in [1.29, 1.82) is 0 Å². The first-order valence-electron chi connectivity index (χ1n) is 22.7. The van der Waals surface area contributed by atoms with Gasteiger partial charge in [0.25, 0.3) is 0 Å².